The lowest BCUT2D eigenvalue weighted by molar-refractivity contribution is -0.119. The van der Waals surface area contributed by atoms with Crippen molar-refractivity contribution in [3.8, 4) is 0 Å². The summed E-state index contributed by atoms with van der Waals surface area (Å²) in [7, 11) is 0. The van der Waals surface area contributed by atoms with Gasteiger partial charge in [-0.15, -0.1) is 0 Å². The molecule has 1 aromatic carbocycles. The predicted octanol–water partition coefficient (Wildman–Crippen LogP) is 3.03. The van der Waals surface area contributed by atoms with Crippen LogP contribution in [-0.4, -0.2) is 22.9 Å². The summed E-state index contributed by atoms with van der Waals surface area (Å²) in [4.78, 5) is 16.3. The normalized spacial score (nSPS) is 22.8. The Morgan fingerprint density at radius 2 is 1.95 bits per heavy atom. The number of nitrogens with zero attached hydrogens (tertiary/aromatic N) is 1. The molecule has 102 valence electrons. The van der Waals surface area contributed by atoms with E-state index < -0.39 is 0 Å². The molecule has 1 fully saturated rings. The SMILES string of the molecule is CC(C)C1SC(=NC[C@H](C)c2ccccc2)NC1=O. The van der Waals surface area contributed by atoms with Crippen molar-refractivity contribution in [1.29, 1.82) is 0 Å². The maximum atomic E-state index is 11.7. The van der Waals surface area contributed by atoms with Gasteiger partial charge in [0.15, 0.2) is 5.17 Å². The van der Waals surface area contributed by atoms with E-state index in [2.05, 4.69) is 43.2 Å². The van der Waals surface area contributed by atoms with Crippen LogP contribution in [0.25, 0.3) is 0 Å². The van der Waals surface area contributed by atoms with Gasteiger partial charge >= 0.3 is 0 Å². The fourth-order valence-electron chi connectivity index (χ4n) is 2.00. The van der Waals surface area contributed by atoms with Crippen LogP contribution in [0.15, 0.2) is 35.3 Å². The van der Waals surface area contributed by atoms with Gasteiger partial charge in [0.2, 0.25) is 5.91 Å². The number of hydrogen-bond acceptors (Lipinski definition) is 3. The van der Waals surface area contributed by atoms with Gasteiger partial charge in [-0.3, -0.25) is 9.79 Å². The van der Waals surface area contributed by atoms with Crippen LogP contribution in [0.2, 0.25) is 0 Å². The van der Waals surface area contributed by atoms with Crippen molar-refractivity contribution in [3.63, 3.8) is 0 Å². The smallest absolute Gasteiger partial charge is 0.239 e. The molecule has 1 heterocycles. The Kier molecular flexibility index (Phi) is 4.64. The number of aliphatic imine (C=N–C) groups is 1. The molecule has 2 atom stereocenters. The van der Waals surface area contributed by atoms with Gasteiger partial charge in [0.1, 0.15) is 0 Å². The molecule has 1 saturated heterocycles. The summed E-state index contributed by atoms with van der Waals surface area (Å²) in [5, 5.41) is 3.64. The molecule has 0 bridgehead atoms. The topological polar surface area (TPSA) is 41.5 Å². The highest BCUT2D eigenvalue weighted by atomic mass is 32.2. The summed E-state index contributed by atoms with van der Waals surface area (Å²) in [6, 6.07) is 10.3. The van der Waals surface area contributed by atoms with Gasteiger partial charge in [0, 0.05) is 12.5 Å². The number of carbonyl (C=O) groups is 1. The van der Waals surface area contributed by atoms with E-state index in [1.807, 2.05) is 18.2 Å². The second-order valence-corrected chi connectivity index (χ2v) is 6.36. The summed E-state index contributed by atoms with van der Waals surface area (Å²) >= 11 is 1.55. The Balaban J connectivity index is 1.95. The van der Waals surface area contributed by atoms with Crippen LogP contribution in [0.5, 0.6) is 0 Å². The third-order valence-electron chi connectivity index (χ3n) is 3.21. The zero-order valence-electron chi connectivity index (χ0n) is 11.6. The highest BCUT2D eigenvalue weighted by molar-refractivity contribution is 8.15. The first-order valence-corrected chi connectivity index (χ1v) is 7.53. The number of thioether (sulfide) groups is 1. The number of nitrogens with one attached hydrogen (secondary N) is 1. The fraction of sp³-hybridized carbons (Fsp3) is 0.467. The minimum atomic E-state index is 0.00535. The molecule has 1 unspecified atom stereocenters. The second-order valence-electron chi connectivity index (χ2n) is 5.23. The van der Waals surface area contributed by atoms with Crippen molar-refractivity contribution in [3.05, 3.63) is 35.9 Å². The minimum Gasteiger partial charge on any atom is -0.304 e. The summed E-state index contributed by atoms with van der Waals surface area (Å²) < 4.78 is 0. The largest absolute Gasteiger partial charge is 0.304 e. The first-order valence-electron chi connectivity index (χ1n) is 6.65. The van der Waals surface area contributed by atoms with Gasteiger partial charge in [0.05, 0.1) is 5.25 Å². The molecule has 1 aromatic rings. The average Bonchev–Trinajstić information content (AvgIpc) is 2.78. The maximum absolute atomic E-state index is 11.7. The first-order chi connectivity index (χ1) is 9.08. The average molecular weight is 276 g/mol. The molecular weight excluding hydrogens is 256 g/mol. The molecule has 19 heavy (non-hydrogen) atoms. The minimum absolute atomic E-state index is 0.00535. The summed E-state index contributed by atoms with van der Waals surface area (Å²) in [6.45, 7) is 6.98. The van der Waals surface area contributed by atoms with Gasteiger partial charge in [-0.05, 0) is 11.5 Å². The molecule has 1 amide bonds. The van der Waals surface area contributed by atoms with E-state index in [-0.39, 0.29) is 11.2 Å². The molecule has 3 nitrogen and oxygen atoms in total. The van der Waals surface area contributed by atoms with Crippen LogP contribution < -0.4 is 5.32 Å². The molecule has 0 aromatic heterocycles. The van der Waals surface area contributed by atoms with Crippen molar-refractivity contribution in [2.24, 2.45) is 10.9 Å². The van der Waals surface area contributed by atoms with E-state index in [0.717, 1.165) is 5.17 Å². The molecule has 2 rings (SSSR count). The van der Waals surface area contributed by atoms with Crippen molar-refractivity contribution in [2.75, 3.05) is 6.54 Å². The molecule has 0 radical (unpaired) electrons. The Morgan fingerprint density at radius 1 is 1.26 bits per heavy atom. The summed E-state index contributed by atoms with van der Waals surface area (Å²) in [5.74, 6) is 0.791. The highest BCUT2D eigenvalue weighted by Gasteiger charge is 2.32. The Morgan fingerprint density at radius 3 is 2.53 bits per heavy atom. The standard InChI is InChI=1S/C15H20N2OS/c1-10(2)13-14(18)17-15(19-13)16-9-11(3)12-7-5-4-6-8-12/h4-8,10-11,13H,9H2,1-3H3,(H,16,17,18)/t11-,13?/m0/s1. The quantitative estimate of drug-likeness (QED) is 0.918. The van der Waals surface area contributed by atoms with Crippen LogP contribution >= 0.6 is 11.8 Å². The highest BCUT2D eigenvalue weighted by Crippen LogP contribution is 2.26. The van der Waals surface area contributed by atoms with Crippen LogP contribution in [0.4, 0.5) is 0 Å². The van der Waals surface area contributed by atoms with E-state index in [4.69, 9.17) is 0 Å². The van der Waals surface area contributed by atoms with E-state index in [1.54, 1.807) is 11.8 Å². The maximum Gasteiger partial charge on any atom is 0.239 e. The molecule has 0 saturated carbocycles. The van der Waals surface area contributed by atoms with Gasteiger partial charge in [-0.25, -0.2) is 0 Å². The van der Waals surface area contributed by atoms with Crippen molar-refractivity contribution in [1.82, 2.24) is 5.32 Å². The summed E-state index contributed by atoms with van der Waals surface area (Å²) in [5.41, 5.74) is 1.28. The number of carbonyl (C=O) groups excluding carboxylic acids is 1. The molecule has 4 heteroatoms. The number of amidine groups is 1. The molecule has 0 aliphatic carbocycles. The lowest BCUT2D eigenvalue weighted by Gasteiger charge is -2.09. The number of hydrogen-bond donors (Lipinski definition) is 1. The van der Waals surface area contributed by atoms with Crippen molar-refractivity contribution in [2.45, 2.75) is 31.9 Å². The number of rotatable bonds is 4. The number of benzene rings is 1. The van der Waals surface area contributed by atoms with E-state index >= 15 is 0 Å². The third-order valence-corrected chi connectivity index (χ3v) is 4.68. The van der Waals surface area contributed by atoms with Crippen LogP contribution in [0, 0.1) is 5.92 Å². The molecular formula is C15H20N2OS. The fourth-order valence-corrected chi connectivity index (χ4v) is 2.99. The Bertz CT molecular complexity index is 470. The zero-order chi connectivity index (χ0) is 13.8. The van der Waals surface area contributed by atoms with Gasteiger partial charge in [-0.1, -0.05) is 62.9 Å². The van der Waals surface area contributed by atoms with Crippen LogP contribution in [0.1, 0.15) is 32.3 Å². The van der Waals surface area contributed by atoms with Crippen LogP contribution in [-0.2, 0) is 4.79 Å². The molecule has 1 aliphatic rings. The lowest BCUT2D eigenvalue weighted by atomic mass is 10.0. The first kappa shape index (κ1) is 14.1. The third kappa shape index (κ3) is 3.60. The molecule has 1 aliphatic heterocycles. The molecule has 0 spiro atoms. The molecule has 1 N–H and O–H groups in total. The lowest BCUT2D eigenvalue weighted by Crippen LogP contribution is -2.27. The Hall–Kier alpha value is -1.29. The van der Waals surface area contributed by atoms with E-state index in [9.17, 15) is 4.79 Å². The van der Waals surface area contributed by atoms with E-state index in [0.29, 0.717) is 18.4 Å². The Labute approximate surface area is 118 Å². The van der Waals surface area contributed by atoms with Gasteiger partial charge in [-0.2, -0.15) is 0 Å². The van der Waals surface area contributed by atoms with Crippen molar-refractivity contribution >= 4 is 22.8 Å². The zero-order valence-corrected chi connectivity index (χ0v) is 12.4. The van der Waals surface area contributed by atoms with Gasteiger partial charge in [0.25, 0.3) is 0 Å². The van der Waals surface area contributed by atoms with Crippen molar-refractivity contribution < 1.29 is 4.79 Å². The van der Waals surface area contributed by atoms with E-state index in [1.165, 1.54) is 5.56 Å². The monoisotopic (exact) mass is 276 g/mol. The second kappa shape index (κ2) is 6.24. The van der Waals surface area contributed by atoms with Crippen LogP contribution in [0.3, 0.4) is 0 Å². The predicted molar refractivity (Wildman–Crippen MR) is 81.5 cm³/mol. The summed E-state index contributed by atoms with van der Waals surface area (Å²) in [6.07, 6.45) is 0. The van der Waals surface area contributed by atoms with Gasteiger partial charge < -0.3 is 5.32 Å². The number of amides is 1.